The summed E-state index contributed by atoms with van der Waals surface area (Å²) in [6.07, 6.45) is 3.40. The first-order valence-corrected chi connectivity index (χ1v) is 6.85. The Hall–Kier alpha value is -2.56. The molecule has 1 aromatic carbocycles. The Kier molecular flexibility index (Phi) is 5.58. The molecule has 21 heavy (non-hydrogen) atoms. The first-order chi connectivity index (χ1) is 10.3. The van der Waals surface area contributed by atoms with Gasteiger partial charge in [0.1, 0.15) is 12.4 Å². The Bertz CT molecular complexity index is 573. The second-order valence-corrected chi connectivity index (χ2v) is 4.58. The summed E-state index contributed by atoms with van der Waals surface area (Å²) in [6, 6.07) is 11.3. The molecule has 1 aromatic heterocycles. The molecule has 0 atom stereocenters. The van der Waals surface area contributed by atoms with Gasteiger partial charge in [0.05, 0.1) is 6.54 Å². The first-order valence-electron chi connectivity index (χ1n) is 6.85. The van der Waals surface area contributed by atoms with Crippen LogP contribution in [0.15, 0.2) is 48.8 Å². The Morgan fingerprint density at radius 2 is 1.90 bits per heavy atom. The Morgan fingerprint density at radius 1 is 1.14 bits per heavy atom. The Labute approximate surface area is 124 Å². The van der Waals surface area contributed by atoms with Gasteiger partial charge in [-0.05, 0) is 36.2 Å². The molecular weight excluding hydrogens is 266 g/mol. The standard InChI is InChI=1S/C16H19N3O2/c1-13-4-2-3-5-15(13)21-11-10-18-16(20)19-12-14-6-8-17-9-7-14/h2-9H,10-12H2,1H3,(H2,18,19,20). The van der Waals surface area contributed by atoms with E-state index in [-0.39, 0.29) is 6.03 Å². The van der Waals surface area contributed by atoms with Crippen molar-refractivity contribution in [2.24, 2.45) is 0 Å². The third-order valence-electron chi connectivity index (χ3n) is 2.94. The molecule has 0 aliphatic heterocycles. The maximum atomic E-state index is 11.6. The van der Waals surface area contributed by atoms with E-state index < -0.39 is 0 Å². The highest BCUT2D eigenvalue weighted by Gasteiger charge is 2.01. The number of benzene rings is 1. The summed E-state index contributed by atoms with van der Waals surface area (Å²) < 4.78 is 5.60. The van der Waals surface area contributed by atoms with Crippen molar-refractivity contribution in [1.29, 1.82) is 0 Å². The van der Waals surface area contributed by atoms with Crippen LogP contribution >= 0.6 is 0 Å². The van der Waals surface area contributed by atoms with E-state index in [0.717, 1.165) is 16.9 Å². The fourth-order valence-corrected chi connectivity index (χ4v) is 1.79. The molecule has 0 aliphatic rings. The molecular formula is C16H19N3O2. The summed E-state index contributed by atoms with van der Waals surface area (Å²) in [5.41, 5.74) is 2.09. The molecule has 0 aliphatic carbocycles. The van der Waals surface area contributed by atoms with E-state index in [0.29, 0.717) is 19.7 Å². The Morgan fingerprint density at radius 3 is 2.67 bits per heavy atom. The van der Waals surface area contributed by atoms with Gasteiger partial charge in [-0.1, -0.05) is 18.2 Å². The lowest BCUT2D eigenvalue weighted by Gasteiger charge is -2.10. The number of nitrogens with one attached hydrogen (secondary N) is 2. The van der Waals surface area contributed by atoms with Crippen molar-refractivity contribution in [3.05, 3.63) is 59.9 Å². The zero-order chi connectivity index (χ0) is 14.9. The van der Waals surface area contributed by atoms with Crippen molar-refractivity contribution in [2.75, 3.05) is 13.2 Å². The van der Waals surface area contributed by atoms with Gasteiger partial charge in [-0.3, -0.25) is 4.98 Å². The lowest BCUT2D eigenvalue weighted by atomic mass is 10.2. The van der Waals surface area contributed by atoms with Crippen molar-refractivity contribution < 1.29 is 9.53 Å². The molecule has 1 heterocycles. The van der Waals surface area contributed by atoms with Gasteiger partial charge in [0.2, 0.25) is 0 Å². The van der Waals surface area contributed by atoms with E-state index in [9.17, 15) is 4.79 Å². The first kappa shape index (κ1) is 14.8. The van der Waals surface area contributed by atoms with Crippen molar-refractivity contribution >= 4 is 6.03 Å². The molecule has 2 aromatic rings. The number of hydrogen-bond acceptors (Lipinski definition) is 3. The van der Waals surface area contributed by atoms with Crippen LogP contribution in [-0.4, -0.2) is 24.2 Å². The van der Waals surface area contributed by atoms with Gasteiger partial charge < -0.3 is 15.4 Å². The largest absolute Gasteiger partial charge is 0.491 e. The molecule has 110 valence electrons. The lowest BCUT2D eigenvalue weighted by Crippen LogP contribution is -2.37. The number of aromatic nitrogens is 1. The van der Waals surface area contributed by atoms with E-state index >= 15 is 0 Å². The number of pyridine rings is 1. The zero-order valence-electron chi connectivity index (χ0n) is 12.0. The quantitative estimate of drug-likeness (QED) is 0.800. The normalized spacial score (nSPS) is 9.95. The monoisotopic (exact) mass is 285 g/mol. The molecule has 2 rings (SSSR count). The van der Waals surface area contributed by atoms with Gasteiger partial charge in [-0.25, -0.2) is 4.79 Å². The van der Waals surface area contributed by atoms with Gasteiger partial charge in [-0.15, -0.1) is 0 Å². The molecule has 0 radical (unpaired) electrons. The van der Waals surface area contributed by atoms with Crippen molar-refractivity contribution in [3.8, 4) is 5.75 Å². The minimum Gasteiger partial charge on any atom is -0.491 e. The van der Waals surface area contributed by atoms with Crippen molar-refractivity contribution in [1.82, 2.24) is 15.6 Å². The highest BCUT2D eigenvalue weighted by Crippen LogP contribution is 2.15. The van der Waals surface area contributed by atoms with Crippen LogP contribution in [0.1, 0.15) is 11.1 Å². The van der Waals surface area contributed by atoms with Crippen LogP contribution in [0.2, 0.25) is 0 Å². The molecule has 5 nitrogen and oxygen atoms in total. The van der Waals surface area contributed by atoms with E-state index in [2.05, 4.69) is 15.6 Å². The molecule has 0 bridgehead atoms. The Balaban J connectivity index is 1.62. The minimum atomic E-state index is -0.208. The summed E-state index contributed by atoms with van der Waals surface area (Å²) in [4.78, 5) is 15.5. The average molecular weight is 285 g/mol. The van der Waals surface area contributed by atoms with Crippen LogP contribution in [0.5, 0.6) is 5.75 Å². The zero-order valence-corrected chi connectivity index (χ0v) is 12.0. The van der Waals surface area contributed by atoms with E-state index in [1.54, 1.807) is 12.4 Å². The van der Waals surface area contributed by atoms with Crippen LogP contribution in [0.3, 0.4) is 0 Å². The smallest absolute Gasteiger partial charge is 0.315 e. The van der Waals surface area contributed by atoms with Crippen LogP contribution in [0.25, 0.3) is 0 Å². The molecule has 0 unspecified atom stereocenters. The number of carbonyl (C=O) groups is 1. The summed E-state index contributed by atoms with van der Waals surface area (Å²) in [5.74, 6) is 0.844. The number of para-hydroxylation sites is 1. The van der Waals surface area contributed by atoms with Gasteiger partial charge >= 0.3 is 6.03 Å². The number of amides is 2. The SMILES string of the molecule is Cc1ccccc1OCCNC(=O)NCc1ccncc1. The highest BCUT2D eigenvalue weighted by atomic mass is 16.5. The van der Waals surface area contributed by atoms with Crippen molar-refractivity contribution in [2.45, 2.75) is 13.5 Å². The average Bonchev–Trinajstić information content (AvgIpc) is 2.52. The predicted octanol–water partition coefficient (Wildman–Crippen LogP) is 2.27. The molecule has 0 saturated heterocycles. The van der Waals surface area contributed by atoms with Gasteiger partial charge in [0, 0.05) is 18.9 Å². The number of hydrogen-bond donors (Lipinski definition) is 2. The number of rotatable bonds is 6. The highest BCUT2D eigenvalue weighted by molar-refractivity contribution is 5.73. The predicted molar refractivity (Wildman–Crippen MR) is 81.1 cm³/mol. The minimum absolute atomic E-state index is 0.208. The van der Waals surface area contributed by atoms with E-state index in [1.807, 2.05) is 43.3 Å². The van der Waals surface area contributed by atoms with Gasteiger partial charge in [-0.2, -0.15) is 0 Å². The number of nitrogens with zero attached hydrogens (tertiary/aromatic N) is 1. The molecule has 5 heteroatoms. The summed E-state index contributed by atoms with van der Waals surface area (Å²) in [5, 5.41) is 5.53. The number of aryl methyl sites for hydroxylation is 1. The van der Waals surface area contributed by atoms with Gasteiger partial charge in [0.25, 0.3) is 0 Å². The second-order valence-electron chi connectivity index (χ2n) is 4.58. The topological polar surface area (TPSA) is 63.2 Å². The third-order valence-corrected chi connectivity index (χ3v) is 2.94. The number of urea groups is 1. The fraction of sp³-hybridized carbons (Fsp3) is 0.250. The summed E-state index contributed by atoms with van der Waals surface area (Å²) in [7, 11) is 0. The maximum Gasteiger partial charge on any atom is 0.315 e. The summed E-state index contributed by atoms with van der Waals surface area (Å²) >= 11 is 0. The van der Waals surface area contributed by atoms with E-state index in [1.165, 1.54) is 0 Å². The number of carbonyl (C=O) groups excluding carboxylic acids is 1. The third kappa shape index (κ3) is 5.14. The van der Waals surface area contributed by atoms with Crippen LogP contribution in [0, 0.1) is 6.92 Å². The van der Waals surface area contributed by atoms with E-state index in [4.69, 9.17) is 4.74 Å². The molecule has 2 amide bonds. The maximum absolute atomic E-state index is 11.6. The molecule has 2 N–H and O–H groups in total. The van der Waals surface area contributed by atoms with Gasteiger partial charge in [0.15, 0.2) is 0 Å². The lowest BCUT2D eigenvalue weighted by molar-refractivity contribution is 0.236. The van der Waals surface area contributed by atoms with Crippen LogP contribution in [0.4, 0.5) is 4.79 Å². The molecule has 0 fully saturated rings. The van der Waals surface area contributed by atoms with Crippen molar-refractivity contribution in [3.63, 3.8) is 0 Å². The number of ether oxygens (including phenoxy) is 1. The second kappa shape index (κ2) is 7.89. The molecule has 0 spiro atoms. The summed E-state index contributed by atoms with van der Waals surface area (Å²) in [6.45, 7) is 3.36. The fourth-order valence-electron chi connectivity index (χ4n) is 1.79. The van der Waals surface area contributed by atoms with Crippen LogP contribution in [-0.2, 0) is 6.54 Å². The van der Waals surface area contributed by atoms with Crippen LogP contribution < -0.4 is 15.4 Å². The molecule has 0 saturated carbocycles.